The van der Waals surface area contributed by atoms with Crippen LogP contribution in [0.3, 0.4) is 0 Å². The van der Waals surface area contributed by atoms with E-state index in [1.165, 1.54) is 6.20 Å². The van der Waals surface area contributed by atoms with Gasteiger partial charge in [-0.25, -0.2) is 14.3 Å². The molecule has 0 aromatic carbocycles. The number of nitrogens with one attached hydrogen (secondary N) is 2. The van der Waals surface area contributed by atoms with Crippen molar-refractivity contribution in [3.8, 4) is 11.5 Å². The predicted octanol–water partition coefficient (Wildman–Crippen LogP) is 4.36. The minimum absolute atomic E-state index is 0.0311. The van der Waals surface area contributed by atoms with Crippen LogP contribution in [-0.2, 0) is 4.79 Å². The zero-order valence-corrected chi connectivity index (χ0v) is 19.9. The molecule has 1 fully saturated rings. The molecular weight excluding hydrogens is 464 g/mol. The number of aryl methyl sites for hydroxylation is 1. The number of amides is 2. The standard InChI is InChI=1S/C24H26N8O4/c1-3-16(23(33)34)22-30-21(31-36-22)19-13(2)10-15(11-26-19)28-24(35)29-17-12-25-18-8-9-27-32(18)20(17)14-6-4-5-7-14/h8-12,14,16H,3-7H2,1-2H3,(H,33,34)(H2,28,29,35). The number of carboxylic acid groups (broad SMARTS) is 1. The van der Waals surface area contributed by atoms with E-state index >= 15 is 0 Å². The molecule has 0 aliphatic heterocycles. The molecule has 4 heterocycles. The number of anilines is 2. The number of aliphatic carboxylic acids is 1. The molecule has 0 saturated heterocycles. The third-order valence-corrected chi connectivity index (χ3v) is 6.44. The Morgan fingerprint density at radius 2 is 2.03 bits per heavy atom. The monoisotopic (exact) mass is 490 g/mol. The fourth-order valence-corrected chi connectivity index (χ4v) is 4.67. The van der Waals surface area contributed by atoms with Crippen LogP contribution in [0.1, 0.15) is 68.0 Å². The smallest absolute Gasteiger partial charge is 0.323 e. The van der Waals surface area contributed by atoms with Gasteiger partial charge in [0.15, 0.2) is 5.65 Å². The molecule has 0 spiro atoms. The largest absolute Gasteiger partial charge is 0.481 e. The van der Waals surface area contributed by atoms with Crippen molar-refractivity contribution in [3.63, 3.8) is 0 Å². The second-order valence-electron chi connectivity index (χ2n) is 8.86. The van der Waals surface area contributed by atoms with Crippen molar-refractivity contribution in [2.24, 2.45) is 0 Å². The Bertz CT molecular complexity index is 1420. The van der Waals surface area contributed by atoms with E-state index in [0.29, 0.717) is 35.0 Å². The van der Waals surface area contributed by atoms with Gasteiger partial charge in [-0.05, 0) is 37.8 Å². The summed E-state index contributed by atoms with van der Waals surface area (Å²) in [6, 6.07) is 3.15. The molecule has 1 aliphatic carbocycles. The number of fused-ring (bicyclic) bond motifs is 1. The number of hydrogen-bond acceptors (Lipinski definition) is 8. The normalized spacial score (nSPS) is 14.7. The van der Waals surface area contributed by atoms with Crippen molar-refractivity contribution >= 4 is 29.0 Å². The molecular formula is C24H26N8O4. The summed E-state index contributed by atoms with van der Waals surface area (Å²) < 4.78 is 6.96. The van der Waals surface area contributed by atoms with Gasteiger partial charge in [0.1, 0.15) is 11.6 Å². The van der Waals surface area contributed by atoms with Crippen molar-refractivity contribution < 1.29 is 19.2 Å². The number of aromatic nitrogens is 6. The van der Waals surface area contributed by atoms with E-state index in [2.05, 4.69) is 35.8 Å². The maximum atomic E-state index is 12.9. The van der Waals surface area contributed by atoms with E-state index in [1.54, 1.807) is 36.8 Å². The van der Waals surface area contributed by atoms with Crippen molar-refractivity contribution in [1.82, 2.24) is 29.7 Å². The molecule has 2 amide bonds. The van der Waals surface area contributed by atoms with Crippen LogP contribution in [0.15, 0.2) is 35.2 Å². The van der Waals surface area contributed by atoms with E-state index in [0.717, 1.165) is 37.0 Å². The second kappa shape index (κ2) is 9.72. The van der Waals surface area contributed by atoms with Gasteiger partial charge in [0.2, 0.25) is 11.7 Å². The van der Waals surface area contributed by atoms with Gasteiger partial charge in [-0.3, -0.25) is 9.78 Å². The van der Waals surface area contributed by atoms with Crippen molar-refractivity contribution in [3.05, 3.63) is 47.9 Å². The number of hydrogen-bond donors (Lipinski definition) is 3. The minimum atomic E-state index is -1.03. The molecule has 12 heteroatoms. The van der Waals surface area contributed by atoms with E-state index in [9.17, 15) is 14.7 Å². The average molecular weight is 491 g/mol. The molecule has 36 heavy (non-hydrogen) atoms. The van der Waals surface area contributed by atoms with Crippen LogP contribution in [0.4, 0.5) is 16.2 Å². The first kappa shape index (κ1) is 23.4. The molecule has 1 aliphatic rings. The Morgan fingerprint density at radius 1 is 1.22 bits per heavy atom. The fourth-order valence-electron chi connectivity index (χ4n) is 4.67. The second-order valence-corrected chi connectivity index (χ2v) is 8.86. The number of pyridine rings is 1. The Hall–Kier alpha value is -4.35. The van der Waals surface area contributed by atoms with Crippen LogP contribution in [0.5, 0.6) is 0 Å². The molecule has 1 atom stereocenters. The molecule has 12 nitrogen and oxygen atoms in total. The average Bonchev–Trinajstić information content (AvgIpc) is 3.61. The number of carbonyl (C=O) groups excluding carboxylic acids is 1. The van der Waals surface area contributed by atoms with Crippen LogP contribution >= 0.6 is 0 Å². The van der Waals surface area contributed by atoms with Crippen molar-refractivity contribution in [2.45, 2.75) is 57.8 Å². The molecule has 3 N–H and O–H groups in total. The molecule has 0 bridgehead atoms. The van der Waals surface area contributed by atoms with Crippen LogP contribution in [-0.4, -0.2) is 46.8 Å². The number of carbonyl (C=O) groups is 2. The number of urea groups is 1. The Balaban J connectivity index is 1.33. The quantitative estimate of drug-likeness (QED) is 0.342. The van der Waals surface area contributed by atoms with Crippen LogP contribution in [0, 0.1) is 6.92 Å². The number of rotatable bonds is 7. The summed E-state index contributed by atoms with van der Waals surface area (Å²) in [7, 11) is 0. The zero-order chi connectivity index (χ0) is 25.2. The highest BCUT2D eigenvalue weighted by Gasteiger charge is 2.26. The number of nitrogens with zero attached hydrogens (tertiary/aromatic N) is 6. The zero-order valence-electron chi connectivity index (χ0n) is 19.9. The molecule has 0 radical (unpaired) electrons. The van der Waals surface area contributed by atoms with Crippen molar-refractivity contribution in [2.75, 3.05) is 10.6 Å². The Kier molecular flexibility index (Phi) is 6.32. The number of carboxylic acids is 1. The van der Waals surface area contributed by atoms with E-state index in [4.69, 9.17) is 4.52 Å². The summed E-state index contributed by atoms with van der Waals surface area (Å²) in [6.45, 7) is 3.53. The molecule has 4 aromatic rings. The maximum Gasteiger partial charge on any atom is 0.323 e. The lowest BCUT2D eigenvalue weighted by molar-refractivity contribution is -0.139. The first-order valence-corrected chi connectivity index (χ1v) is 11.9. The van der Waals surface area contributed by atoms with Gasteiger partial charge in [0, 0.05) is 12.0 Å². The Morgan fingerprint density at radius 3 is 2.75 bits per heavy atom. The van der Waals surface area contributed by atoms with Gasteiger partial charge in [-0.2, -0.15) is 10.1 Å². The highest BCUT2D eigenvalue weighted by Crippen LogP contribution is 2.37. The molecule has 186 valence electrons. The van der Waals surface area contributed by atoms with E-state index < -0.39 is 17.9 Å². The maximum absolute atomic E-state index is 12.9. The first-order chi connectivity index (χ1) is 17.4. The minimum Gasteiger partial charge on any atom is -0.481 e. The molecule has 5 rings (SSSR count). The highest BCUT2D eigenvalue weighted by molar-refractivity contribution is 6.00. The van der Waals surface area contributed by atoms with Crippen LogP contribution in [0.2, 0.25) is 0 Å². The molecule has 1 saturated carbocycles. The molecule has 4 aromatic heterocycles. The summed E-state index contributed by atoms with van der Waals surface area (Å²) in [4.78, 5) is 37.2. The molecule has 1 unspecified atom stereocenters. The van der Waals surface area contributed by atoms with Gasteiger partial charge >= 0.3 is 12.0 Å². The lowest BCUT2D eigenvalue weighted by Crippen LogP contribution is -2.22. The van der Waals surface area contributed by atoms with Crippen LogP contribution < -0.4 is 10.6 Å². The van der Waals surface area contributed by atoms with E-state index in [1.807, 2.05) is 6.07 Å². The topological polar surface area (TPSA) is 160 Å². The summed E-state index contributed by atoms with van der Waals surface area (Å²) in [5.41, 5.74) is 3.94. The third kappa shape index (κ3) is 4.49. The van der Waals surface area contributed by atoms with Gasteiger partial charge in [0.05, 0.1) is 35.7 Å². The summed E-state index contributed by atoms with van der Waals surface area (Å²) in [5.74, 6) is -1.37. The lowest BCUT2D eigenvalue weighted by atomic mass is 10.0. The van der Waals surface area contributed by atoms with Gasteiger partial charge in [0.25, 0.3) is 0 Å². The fraction of sp³-hybridized carbons (Fsp3) is 0.375. The van der Waals surface area contributed by atoms with Crippen molar-refractivity contribution in [1.29, 1.82) is 0 Å². The first-order valence-electron chi connectivity index (χ1n) is 11.9. The third-order valence-electron chi connectivity index (χ3n) is 6.44. The SMILES string of the molecule is CCC(C(=O)O)c1nc(-c2ncc(NC(=O)Nc3cnc4ccnn4c3C3CCCC3)cc2C)no1. The van der Waals surface area contributed by atoms with E-state index in [-0.39, 0.29) is 11.7 Å². The highest BCUT2D eigenvalue weighted by atomic mass is 16.5. The summed E-state index contributed by atoms with van der Waals surface area (Å²) in [6.07, 6.45) is 9.58. The van der Waals surface area contributed by atoms with Gasteiger partial charge in [-0.15, -0.1) is 0 Å². The summed E-state index contributed by atoms with van der Waals surface area (Å²) >= 11 is 0. The summed E-state index contributed by atoms with van der Waals surface area (Å²) in [5, 5.41) is 23.3. The van der Waals surface area contributed by atoms with Crippen LogP contribution in [0.25, 0.3) is 17.2 Å². The van der Waals surface area contributed by atoms with Gasteiger partial charge < -0.3 is 20.3 Å². The Labute approximate surface area is 206 Å². The van der Waals surface area contributed by atoms with Gasteiger partial charge in [-0.1, -0.05) is 24.9 Å². The predicted molar refractivity (Wildman–Crippen MR) is 130 cm³/mol. The lowest BCUT2D eigenvalue weighted by Gasteiger charge is -2.17.